The van der Waals surface area contributed by atoms with Crippen molar-refractivity contribution >= 4 is 29.0 Å². The van der Waals surface area contributed by atoms with E-state index in [1.165, 1.54) is 19.2 Å². The van der Waals surface area contributed by atoms with Crippen molar-refractivity contribution in [3.63, 3.8) is 0 Å². The number of alkyl halides is 3. The first kappa shape index (κ1) is 20.3. The van der Waals surface area contributed by atoms with Crippen molar-refractivity contribution in [2.45, 2.75) is 19.0 Å². The van der Waals surface area contributed by atoms with Crippen LogP contribution in [0.4, 0.5) is 18.9 Å². The third kappa shape index (κ3) is 5.76. The zero-order valence-electron chi connectivity index (χ0n) is 14.5. The van der Waals surface area contributed by atoms with Gasteiger partial charge in [-0.25, -0.2) is 0 Å². The van der Waals surface area contributed by atoms with Crippen molar-refractivity contribution in [2.75, 3.05) is 44.7 Å². The summed E-state index contributed by atoms with van der Waals surface area (Å²) in [4.78, 5) is 15.0. The highest BCUT2D eigenvalue weighted by Crippen LogP contribution is 2.31. The molecule has 1 aliphatic rings. The molecule has 26 heavy (non-hydrogen) atoms. The number of anilines is 1. The predicted octanol–water partition coefficient (Wildman–Crippen LogP) is 2.66. The molecule has 0 aromatic heterocycles. The Labute approximate surface area is 156 Å². The Kier molecular flexibility index (Phi) is 7.07. The largest absolute Gasteiger partial charge is 0.469 e. The number of carbonyl (C=O) groups excluding carboxylic acids is 1. The Morgan fingerprint density at radius 2 is 1.96 bits per heavy atom. The van der Waals surface area contributed by atoms with E-state index in [4.69, 9.17) is 12.2 Å². The summed E-state index contributed by atoms with van der Waals surface area (Å²) in [7, 11) is 1.35. The maximum absolute atomic E-state index is 12.8. The van der Waals surface area contributed by atoms with Gasteiger partial charge >= 0.3 is 12.1 Å². The number of nitrogens with one attached hydrogen (secondary N) is 1. The molecule has 1 fully saturated rings. The van der Waals surface area contributed by atoms with Crippen LogP contribution in [0.2, 0.25) is 0 Å². The fourth-order valence-electron chi connectivity index (χ4n) is 2.69. The van der Waals surface area contributed by atoms with Gasteiger partial charge in [0.05, 0.1) is 12.7 Å². The number of halogens is 3. The van der Waals surface area contributed by atoms with E-state index in [-0.39, 0.29) is 5.97 Å². The van der Waals surface area contributed by atoms with Crippen molar-refractivity contribution in [3.8, 4) is 0 Å². The summed E-state index contributed by atoms with van der Waals surface area (Å²) in [5.74, 6) is -0.257. The predicted molar refractivity (Wildman–Crippen MR) is 97.1 cm³/mol. The Hall–Kier alpha value is -2.03. The van der Waals surface area contributed by atoms with Crippen LogP contribution in [-0.4, -0.2) is 55.8 Å². The van der Waals surface area contributed by atoms with Gasteiger partial charge in [0.2, 0.25) is 0 Å². The highest BCUT2D eigenvalue weighted by Gasteiger charge is 2.31. The number of hydrogen-bond acceptors (Lipinski definition) is 4. The lowest BCUT2D eigenvalue weighted by Gasteiger charge is -2.37. The number of thiocarbonyl (C=S) groups is 1. The molecule has 1 aliphatic heterocycles. The quantitative estimate of drug-likeness (QED) is 0.475. The number of ether oxygens (including phenoxy) is 1. The van der Waals surface area contributed by atoms with Gasteiger partial charge in [-0.1, -0.05) is 6.07 Å². The number of methoxy groups -OCH3 is 1. The molecule has 1 saturated heterocycles. The number of carbonyl (C=O) groups is 1. The molecule has 1 aromatic carbocycles. The van der Waals surface area contributed by atoms with Gasteiger partial charge < -0.3 is 19.9 Å². The first-order chi connectivity index (χ1) is 12.3. The standard InChI is InChI=1S/C17H22F3N3O2S/c1-25-15(24)6-3-7-21-16(26)23-10-8-22(9-11-23)14-5-2-4-13(12-14)17(18,19)20/h2,4-5,12H,3,6-11H2,1H3,(H,21,26). The van der Waals surface area contributed by atoms with Crippen LogP contribution < -0.4 is 10.2 Å². The molecular weight excluding hydrogens is 367 g/mol. The summed E-state index contributed by atoms with van der Waals surface area (Å²) >= 11 is 5.34. The van der Waals surface area contributed by atoms with Crippen LogP contribution in [0, 0.1) is 0 Å². The molecule has 1 N–H and O–H groups in total. The molecule has 144 valence electrons. The van der Waals surface area contributed by atoms with E-state index in [9.17, 15) is 18.0 Å². The van der Waals surface area contributed by atoms with Gasteiger partial charge in [-0.05, 0) is 36.8 Å². The van der Waals surface area contributed by atoms with Crippen molar-refractivity contribution < 1.29 is 22.7 Å². The van der Waals surface area contributed by atoms with Gasteiger partial charge in [-0.15, -0.1) is 0 Å². The van der Waals surface area contributed by atoms with E-state index < -0.39 is 11.7 Å². The molecule has 9 heteroatoms. The van der Waals surface area contributed by atoms with E-state index in [2.05, 4.69) is 10.1 Å². The summed E-state index contributed by atoms with van der Waals surface area (Å²) < 4.78 is 43.1. The second kappa shape index (κ2) is 9.07. The van der Waals surface area contributed by atoms with E-state index in [1.807, 2.05) is 9.80 Å². The number of esters is 1. The molecule has 0 amide bonds. The molecule has 0 spiro atoms. The number of rotatable bonds is 5. The number of benzene rings is 1. The smallest absolute Gasteiger partial charge is 0.416 e. The number of hydrogen-bond donors (Lipinski definition) is 1. The SMILES string of the molecule is COC(=O)CCCNC(=S)N1CCN(c2cccc(C(F)(F)F)c2)CC1. The van der Waals surface area contributed by atoms with Crippen molar-refractivity contribution in [1.82, 2.24) is 10.2 Å². The van der Waals surface area contributed by atoms with Crippen LogP contribution in [0.15, 0.2) is 24.3 Å². The lowest BCUT2D eigenvalue weighted by atomic mass is 10.1. The van der Waals surface area contributed by atoms with Gasteiger partial charge in [0.1, 0.15) is 0 Å². The second-order valence-corrected chi connectivity index (χ2v) is 6.32. The Balaban J connectivity index is 1.80. The third-order valence-electron chi connectivity index (χ3n) is 4.17. The molecule has 0 saturated carbocycles. The zero-order chi connectivity index (χ0) is 19.2. The maximum atomic E-state index is 12.8. The molecule has 0 bridgehead atoms. The first-order valence-corrected chi connectivity index (χ1v) is 8.74. The molecule has 1 aromatic rings. The summed E-state index contributed by atoms with van der Waals surface area (Å²) in [6.07, 6.45) is -3.39. The monoisotopic (exact) mass is 389 g/mol. The van der Waals surface area contributed by atoms with Gasteiger partial charge in [-0.3, -0.25) is 4.79 Å². The van der Waals surface area contributed by atoms with Gasteiger partial charge in [-0.2, -0.15) is 13.2 Å². The lowest BCUT2D eigenvalue weighted by Crippen LogP contribution is -2.51. The minimum atomic E-state index is -4.34. The molecule has 0 unspecified atom stereocenters. The van der Waals surface area contributed by atoms with Crippen molar-refractivity contribution in [2.24, 2.45) is 0 Å². The average molecular weight is 389 g/mol. The molecule has 2 rings (SSSR count). The van der Waals surface area contributed by atoms with E-state index in [0.29, 0.717) is 56.4 Å². The van der Waals surface area contributed by atoms with Crippen LogP contribution in [0.25, 0.3) is 0 Å². The van der Waals surface area contributed by atoms with E-state index in [0.717, 1.165) is 6.07 Å². The van der Waals surface area contributed by atoms with Crippen LogP contribution in [0.1, 0.15) is 18.4 Å². The van der Waals surface area contributed by atoms with Gasteiger partial charge in [0, 0.05) is 44.8 Å². The number of piperazine rings is 1. The first-order valence-electron chi connectivity index (χ1n) is 8.33. The van der Waals surface area contributed by atoms with Crippen molar-refractivity contribution in [3.05, 3.63) is 29.8 Å². The summed E-state index contributed by atoms with van der Waals surface area (Å²) in [6, 6.07) is 5.37. The fourth-order valence-corrected chi connectivity index (χ4v) is 2.97. The second-order valence-electron chi connectivity index (χ2n) is 5.93. The molecule has 0 radical (unpaired) electrons. The van der Waals surface area contributed by atoms with Crippen LogP contribution in [-0.2, 0) is 15.7 Å². The Morgan fingerprint density at radius 1 is 1.27 bits per heavy atom. The van der Waals surface area contributed by atoms with Gasteiger partial charge in [0.15, 0.2) is 5.11 Å². The minimum Gasteiger partial charge on any atom is -0.469 e. The summed E-state index contributed by atoms with van der Waals surface area (Å²) in [5, 5.41) is 3.69. The molecule has 1 heterocycles. The van der Waals surface area contributed by atoms with Crippen molar-refractivity contribution in [1.29, 1.82) is 0 Å². The highest BCUT2D eigenvalue weighted by atomic mass is 32.1. The van der Waals surface area contributed by atoms with Crippen LogP contribution >= 0.6 is 12.2 Å². The summed E-state index contributed by atoms with van der Waals surface area (Å²) in [6.45, 7) is 3.00. The topological polar surface area (TPSA) is 44.8 Å². The third-order valence-corrected chi connectivity index (χ3v) is 4.57. The van der Waals surface area contributed by atoms with Crippen LogP contribution in [0.5, 0.6) is 0 Å². The number of nitrogens with zero attached hydrogens (tertiary/aromatic N) is 2. The maximum Gasteiger partial charge on any atom is 0.416 e. The zero-order valence-corrected chi connectivity index (χ0v) is 15.3. The fraction of sp³-hybridized carbons (Fsp3) is 0.529. The highest BCUT2D eigenvalue weighted by molar-refractivity contribution is 7.80. The average Bonchev–Trinajstić information content (AvgIpc) is 2.64. The normalized spacial score (nSPS) is 14.9. The molecular formula is C17H22F3N3O2S. The Bertz CT molecular complexity index is 632. The molecule has 5 nitrogen and oxygen atoms in total. The Morgan fingerprint density at radius 3 is 2.58 bits per heavy atom. The van der Waals surface area contributed by atoms with E-state index in [1.54, 1.807) is 6.07 Å². The minimum absolute atomic E-state index is 0.257. The van der Waals surface area contributed by atoms with Crippen LogP contribution in [0.3, 0.4) is 0 Å². The summed E-state index contributed by atoms with van der Waals surface area (Å²) in [5.41, 5.74) is -0.0725. The molecule has 0 atom stereocenters. The lowest BCUT2D eigenvalue weighted by molar-refractivity contribution is -0.140. The van der Waals surface area contributed by atoms with E-state index >= 15 is 0 Å². The molecule has 0 aliphatic carbocycles. The van der Waals surface area contributed by atoms with Gasteiger partial charge in [0.25, 0.3) is 0 Å².